The van der Waals surface area contributed by atoms with Gasteiger partial charge in [-0.05, 0) is 38.5 Å². The average Bonchev–Trinajstić information content (AvgIpc) is 3.07. The standard InChI is InChI=1S/C42H80O5/c1-3-5-7-9-11-13-15-17-18-19-20-21-22-23-24-25-27-28-30-32-34-36-41(44)46-39-40(38-43)47-42(45)37-35-33-31-29-26-16-14-12-10-8-6-4-2/h12,14,40,43H,3-11,13,15-39H2,1-2H3/b14-12-. The summed E-state index contributed by atoms with van der Waals surface area (Å²) in [7, 11) is 0. The molecule has 0 spiro atoms. The molecule has 0 bridgehead atoms. The number of rotatable bonds is 38. The van der Waals surface area contributed by atoms with Gasteiger partial charge < -0.3 is 14.6 Å². The molecule has 5 heteroatoms. The molecule has 0 aliphatic heterocycles. The number of hydrogen-bond donors (Lipinski definition) is 1. The highest BCUT2D eigenvalue weighted by Gasteiger charge is 2.16. The second-order valence-electron chi connectivity index (χ2n) is 14.1. The number of carbonyl (C=O) groups is 2. The van der Waals surface area contributed by atoms with E-state index in [1.54, 1.807) is 0 Å². The lowest BCUT2D eigenvalue weighted by atomic mass is 10.0. The maximum atomic E-state index is 12.1. The Bertz CT molecular complexity index is 676. The van der Waals surface area contributed by atoms with Crippen molar-refractivity contribution in [1.82, 2.24) is 0 Å². The highest BCUT2D eigenvalue weighted by molar-refractivity contribution is 5.70. The highest BCUT2D eigenvalue weighted by atomic mass is 16.6. The van der Waals surface area contributed by atoms with Crippen molar-refractivity contribution in [3.05, 3.63) is 12.2 Å². The topological polar surface area (TPSA) is 72.8 Å². The summed E-state index contributed by atoms with van der Waals surface area (Å²) in [6.45, 7) is 4.13. The van der Waals surface area contributed by atoms with E-state index in [0.29, 0.717) is 12.8 Å². The molecule has 0 aromatic carbocycles. The Balaban J connectivity index is 3.47. The quantitative estimate of drug-likeness (QED) is 0.0404. The molecule has 0 amide bonds. The summed E-state index contributed by atoms with van der Waals surface area (Å²) in [5.74, 6) is -0.590. The van der Waals surface area contributed by atoms with Crippen molar-refractivity contribution in [2.24, 2.45) is 0 Å². The van der Waals surface area contributed by atoms with Crippen LogP contribution in [0.15, 0.2) is 12.2 Å². The zero-order chi connectivity index (χ0) is 34.3. The van der Waals surface area contributed by atoms with Crippen LogP contribution in [0, 0.1) is 0 Å². The Morgan fingerprint density at radius 1 is 0.468 bits per heavy atom. The van der Waals surface area contributed by atoms with E-state index in [-0.39, 0.29) is 25.2 Å². The predicted octanol–water partition coefficient (Wildman–Crippen LogP) is 12.9. The molecule has 1 N–H and O–H groups in total. The van der Waals surface area contributed by atoms with Crippen molar-refractivity contribution in [3.63, 3.8) is 0 Å². The van der Waals surface area contributed by atoms with Crippen LogP contribution < -0.4 is 0 Å². The number of unbranched alkanes of at least 4 members (excludes halogenated alkanes) is 28. The lowest BCUT2D eigenvalue weighted by Gasteiger charge is -2.15. The predicted molar refractivity (Wildman–Crippen MR) is 201 cm³/mol. The molecule has 1 unspecified atom stereocenters. The summed E-state index contributed by atoms with van der Waals surface area (Å²) in [6, 6.07) is 0. The van der Waals surface area contributed by atoms with Gasteiger partial charge in [0, 0.05) is 12.8 Å². The molecule has 0 aliphatic rings. The molecular formula is C42H80O5. The number of carbonyl (C=O) groups excluding carboxylic acids is 2. The van der Waals surface area contributed by atoms with Gasteiger partial charge in [0.2, 0.25) is 0 Å². The molecule has 0 fully saturated rings. The highest BCUT2D eigenvalue weighted by Crippen LogP contribution is 2.16. The molecule has 0 aromatic rings. The van der Waals surface area contributed by atoms with Gasteiger partial charge in [-0.1, -0.05) is 187 Å². The van der Waals surface area contributed by atoms with Crippen molar-refractivity contribution < 1.29 is 24.2 Å². The summed E-state index contributed by atoms with van der Waals surface area (Å²) in [5, 5.41) is 9.54. The van der Waals surface area contributed by atoms with Gasteiger partial charge in [0.1, 0.15) is 6.61 Å². The summed E-state index contributed by atoms with van der Waals surface area (Å²) in [5.41, 5.74) is 0. The number of aliphatic hydroxyl groups is 1. The maximum Gasteiger partial charge on any atom is 0.306 e. The van der Waals surface area contributed by atoms with Crippen LogP contribution in [0.5, 0.6) is 0 Å². The van der Waals surface area contributed by atoms with Crippen LogP contribution in [0.4, 0.5) is 0 Å². The Kier molecular flexibility index (Phi) is 38.0. The molecule has 0 heterocycles. The number of esters is 2. The Morgan fingerprint density at radius 3 is 1.19 bits per heavy atom. The molecule has 5 nitrogen and oxygen atoms in total. The zero-order valence-electron chi connectivity index (χ0n) is 31.6. The first kappa shape index (κ1) is 45.6. The van der Waals surface area contributed by atoms with Gasteiger partial charge in [-0.15, -0.1) is 0 Å². The van der Waals surface area contributed by atoms with Crippen LogP contribution in [0.1, 0.15) is 226 Å². The van der Waals surface area contributed by atoms with Gasteiger partial charge in [0.05, 0.1) is 6.61 Å². The minimum Gasteiger partial charge on any atom is -0.462 e. The number of hydrogen-bond acceptors (Lipinski definition) is 5. The molecule has 47 heavy (non-hydrogen) atoms. The third-order valence-electron chi connectivity index (χ3n) is 9.31. The molecule has 278 valence electrons. The van der Waals surface area contributed by atoms with Crippen molar-refractivity contribution in [2.75, 3.05) is 13.2 Å². The first-order chi connectivity index (χ1) is 23.1. The van der Waals surface area contributed by atoms with E-state index in [1.807, 2.05) is 0 Å². The smallest absolute Gasteiger partial charge is 0.306 e. The molecule has 0 radical (unpaired) electrons. The zero-order valence-corrected chi connectivity index (χ0v) is 31.6. The monoisotopic (exact) mass is 665 g/mol. The summed E-state index contributed by atoms with van der Waals surface area (Å²) in [6.07, 6.45) is 44.3. The van der Waals surface area contributed by atoms with Crippen LogP contribution in [0.2, 0.25) is 0 Å². The van der Waals surface area contributed by atoms with E-state index in [2.05, 4.69) is 26.0 Å². The fourth-order valence-electron chi connectivity index (χ4n) is 6.14. The SMILES string of the molecule is CCCCC/C=C\CCCCCCCC(=O)OC(CO)COC(=O)CCCCCCCCCCCCCCCCCCCCCCC. The minimum atomic E-state index is -0.768. The Hall–Kier alpha value is -1.36. The van der Waals surface area contributed by atoms with Gasteiger partial charge in [-0.2, -0.15) is 0 Å². The Labute approximate surface area is 292 Å². The second kappa shape index (κ2) is 39.1. The van der Waals surface area contributed by atoms with Crippen molar-refractivity contribution in [3.8, 4) is 0 Å². The van der Waals surface area contributed by atoms with Gasteiger partial charge in [-0.3, -0.25) is 9.59 Å². The fraction of sp³-hybridized carbons (Fsp3) is 0.905. The molecule has 0 saturated heterocycles. The fourth-order valence-corrected chi connectivity index (χ4v) is 6.14. The van der Waals surface area contributed by atoms with Crippen molar-refractivity contribution in [2.45, 2.75) is 232 Å². The lowest BCUT2D eigenvalue weighted by Crippen LogP contribution is -2.28. The van der Waals surface area contributed by atoms with Gasteiger partial charge in [0.25, 0.3) is 0 Å². The number of ether oxygens (including phenoxy) is 2. The van der Waals surface area contributed by atoms with E-state index >= 15 is 0 Å². The largest absolute Gasteiger partial charge is 0.462 e. The molecule has 0 saturated carbocycles. The summed E-state index contributed by atoms with van der Waals surface area (Å²) in [4.78, 5) is 24.2. The third kappa shape index (κ3) is 37.3. The molecule has 1 atom stereocenters. The van der Waals surface area contributed by atoms with Crippen LogP contribution in [0.3, 0.4) is 0 Å². The molecule has 0 rings (SSSR count). The van der Waals surface area contributed by atoms with Crippen LogP contribution >= 0.6 is 0 Å². The number of allylic oxidation sites excluding steroid dienone is 2. The van der Waals surface area contributed by atoms with Crippen molar-refractivity contribution >= 4 is 11.9 Å². The molecule has 0 aromatic heterocycles. The summed E-state index contributed by atoms with van der Waals surface area (Å²) >= 11 is 0. The van der Waals surface area contributed by atoms with Gasteiger partial charge >= 0.3 is 11.9 Å². The Morgan fingerprint density at radius 2 is 0.787 bits per heavy atom. The molecular weight excluding hydrogens is 584 g/mol. The first-order valence-corrected chi connectivity index (χ1v) is 20.7. The van der Waals surface area contributed by atoms with Crippen LogP contribution in [0.25, 0.3) is 0 Å². The lowest BCUT2D eigenvalue weighted by molar-refractivity contribution is -0.161. The van der Waals surface area contributed by atoms with Gasteiger partial charge in [0.15, 0.2) is 6.10 Å². The van der Waals surface area contributed by atoms with Gasteiger partial charge in [-0.25, -0.2) is 0 Å². The second-order valence-corrected chi connectivity index (χ2v) is 14.1. The van der Waals surface area contributed by atoms with E-state index in [0.717, 1.165) is 38.5 Å². The van der Waals surface area contributed by atoms with E-state index in [1.165, 1.54) is 161 Å². The third-order valence-corrected chi connectivity index (χ3v) is 9.31. The van der Waals surface area contributed by atoms with Crippen LogP contribution in [-0.2, 0) is 19.1 Å². The normalized spacial score (nSPS) is 12.1. The average molecular weight is 665 g/mol. The van der Waals surface area contributed by atoms with Crippen molar-refractivity contribution in [1.29, 1.82) is 0 Å². The summed E-state index contributed by atoms with van der Waals surface area (Å²) < 4.78 is 10.6. The molecule has 0 aliphatic carbocycles. The van der Waals surface area contributed by atoms with E-state index in [9.17, 15) is 14.7 Å². The van der Waals surface area contributed by atoms with E-state index < -0.39 is 6.10 Å². The number of aliphatic hydroxyl groups excluding tert-OH is 1. The maximum absolute atomic E-state index is 12.1. The van der Waals surface area contributed by atoms with Crippen LogP contribution in [-0.4, -0.2) is 36.4 Å². The first-order valence-electron chi connectivity index (χ1n) is 20.7. The minimum absolute atomic E-state index is 0.0632. The van der Waals surface area contributed by atoms with E-state index in [4.69, 9.17) is 9.47 Å².